The molecule has 1 aromatic rings. The molecule has 1 rings (SSSR count). The van der Waals surface area contributed by atoms with Crippen LogP contribution < -0.4 is 10.6 Å². The number of aromatic amines is 1. The van der Waals surface area contributed by atoms with E-state index in [0.29, 0.717) is 5.11 Å². The van der Waals surface area contributed by atoms with Crippen LogP contribution in [0.1, 0.15) is 18.5 Å². The minimum atomic E-state index is 0.705. The number of aryl methyl sites for hydroxylation is 1. The average Bonchev–Trinajstić information content (AvgIpc) is 2.63. The Morgan fingerprint density at radius 3 is 3.00 bits per heavy atom. The molecule has 1 aromatic heterocycles. The van der Waals surface area contributed by atoms with Gasteiger partial charge in [-0.3, -0.25) is 0 Å². The molecule has 0 aliphatic carbocycles. The molecule has 0 saturated heterocycles. The maximum atomic E-state index is 4.96. The molecule has 0 radical (unpaired) electrons. The summed E-state index contributed by atoms with van der Waals surface area (Å²) >= 11 is 8.36. The predicted octanol–water partition coefficient (Wildman–Crippen LogP) is 1.59. The highest BCUT2D eigenvalue weighted by Gasteiger charge is 2.01. The maximum Gasteiger partial charge on any atom is 0.166 e. The van der Waals surface area contributed by atoms with Gasteiger partial charge in [0, 0.05) is 13.6 Å². The molecule has 84 valence electrons. The lowest BCUT2D eigenvalue weighted by Crippen LogP contribution is -2.32. The fourth-order valence-corrected chi connectivity index (χ4v) is 1.69. The molecule has 0 aliphatic heterocycles. The molecular weight excluding hydrogens is 276 g/mol. The third-order valence-corrected chi connectivity index (χ3v) is 3.05. The van der Waals surface area contributed by atoms with E-state index in [0.717, 1.165) is 36.1 Å². The Labute approximate surface area is 103 Å². The van der Waals surface area contributed by atoms with Gasteiger partial charge in [-0.05, 0) is 47.4 Å². The summed E-state index contributed by atoms with van der Waals surface area (Å²) in [5, 5.41) is 6.69. The zero-order valence-corrected chi connectivity index (χ0v) is 11.0. The minimum Gasteiger partial charge on any atom is -0.366 e. The van der Waals surface area contributed by atoms with Gasteiger partial charge in [-0.25, -0.2) is 4.98 Å². The fourth-order valence-electron chi connectivity index (χ4n) is 1.19. The van der Waals surface area contributed by atoms with Crippen molar-refractivity contribution in [1.29, 1.82) is 0 Å². The summed E-state index contributed by atoms with van der Waals surface area (Å²) in [7, 11) is 1.82. The quantitative estimate of drug-likeness (QED) is 0.569. The summed E-state index contributed by atoms with van der Waals surface area (Å²) in [6, 6.07) is 0. The van der Waals surface area contributed by atoms with Gasteiger partial charge in [-0.2, -0.15) is 0 Å². The molecule has 0 saturated carbocycles. The number of H-pyrrole nitrogens is 1. The van der Waals surface area contributed by atoms with E-state index in [-0.39, 0.29) is 0 Å². The number of thiocarbonyl (C=S) groups is 1. The zero-order chi connectivity index (χ0) is 11.1. The standard InChI is InChI=1S/C9H15BrN4S/c1-11-9(15)12-5-3-2-4-7-8(10)14-6-13-7/h6H,2-5H2,1H3,(H,13,14)(H2,11,12,15). The summed E-state index contributed by atoms with van der Waals surface area (Å²) in [6.07, 6.45) is 4.87. The Morgan fingerprint density at radius 2 is 2.40 bits per heavy atom. The summed E-state index contributed by atoms with van der Waals surface area (Å²) in [5.41, 5.74) is 1.09. The van der Waals surface area contributed by atoms with Crippen molar-refractivity contribution in [2.24, 2.45) is 0 Å². The first-order chi connectivity index (χ1) is 7.24. The van der Waals surface area contributed by atoms with Crippen molar-refractivity contribution in [3.63, 3.8) is 0 Å². The molecule has 0 bridgehead atoms. The van der Waals surface area contributed by atoms with Gasteiger partial charge in [0.1, 0.15) is 4.60 Å². The van der Waals surface area contributed by atoms with E-state index >= 15 is 0 Å². The van der Waals surface area contributed by atoms with E-state index in [9.17, 15) is 0 Å². The molecule has 6 heteroatoms. The molecule has 0 amide bonds. The van der Waals surface area contributed by atoms with E-state index < -0.39 is 0 Å². The highest BCUT2D eigenvalue weighted by atomic mass is 79.9. The van der Waals surface area contributed by atoms with Gasteiger partial charge < -0.3 is 15.6 Å². The molecule has 15 heavy (non-hydrogen) atoms. The van der Waals surface area contributed by atoms with Gasteiger partial charge in [0.15, 0.2) is 5.11 Å². The molecule has 0 aliphatic rings. The van der Waals surface area contributed by atoms with Crippen molar-refractivity contribution in [3.8, 4) is 0 Å². The number of rotatable bonds is 5. The fraction of sp³-hybridized carbons (Fsp3) is 0.556. The van der Waals surface area contributed by atoms with Crippen LogP contribution in [0.2, 0.25) is 0 Å². The third-order valence-electron chi connectivity index (χ3n) is 2.02. The van der Waals surface area contributed by atoms with Crippen LogP contribution in [-0.4, -0.2) is 28.7 Å². The highest BCUT2D eigenvalue weighted by molar-refractivity contribution is 9.10. The molecule has 4 nitrogen and oxygen atoms in total. The summed E-state index contributed by atoms with van der Waals surface area (Å²) in [4.78, 5) is 7.20. The van der Waals surface area contributed by atoms with Gasteiger partial charge in [0.05, 0.1) is 12.0 Å². The van der Waals surface area contributed by atoms with E-state index in [2.05, 4.69) is 36.5 Å². The van der Waals surface area contributed by atoms with Crippen LogP contribution in [0.5, 0.6) is 0 Å². The molecule has 0 unspecified atom stereocenters. The SMILES string of the molecule is CNC(=S)NCCCCc1nc[nH]c1Br. The molecule has 3 N–H and O–H groups in total. The van der Waals surface area contributed by atoms with Crippen molar-refractivity contribution in [2.45, 2.75) is 19.3 Å². The Bertz CT molecular complexity index is 313. The first kappa shape index (κ1) is 12.4. The van der Waals surface area contributed by atoms with E-state index in [1.54, 1.807) is 6.33 Å². The van der Waals surface area contributed by atoms with Crippen molar-refractivity contribution in [3.05, 3.63) is 16.6 Å². The van der Waals surface area contributed by atoms with Crippen LogP contribution >= 0.6 is 28.1 Å². The monoisotopic (exact) mass is 290 g/mol. The lowest BCUT2D eigenvalue weighted by Gasteiger charge is -2.05. The smallest absolute Gasteiger partial charge is 0.166 e. The summed E-state index contributed by atoms with van der Waals surface area (Å²) < 4.78 is 0.987. The number of nitrogens with one attached hydrogen (secondary N) is 3. The van der Waals surface area contributed by atoms with Gasteiger partial charge in [-0.1, -0.05) is 0 Å². The number of imidazole rings is 1. The van der Waals surface area contributed by atoms with Crippen LogP contribution in [-0.2, 0) is 6.42 Å². The largest absolute Gasteiger partial charge is 0.366 e. The Balaban J connectivity index is 2.07. The normalized spacial score (nSPS) is 10.0. The van der Waals surface area contributed by atoms with Crippen LogP contribution in [0.25, 0.3) is 0 Å². The number of halogens is 1. The first-order valence-electron chi connectivity index (χ1n) is 4.87. The number of aromatic nitrogens is 2. The minimum absolute atomic E-state index is 0.705. The second kappa shape index (κ2) is 6.79. The molecule has 0 fully saturated rings. The molecular formula is C9H15BrN4S. The number of hydrogen-bond acceptors (Lipinski definition) is 2. The molecule has 0 atom stereocenters. The number of nitrogens with zero attached hydrogens (tertiary/aromatic N) is 1. The van der Waals surface area contributed by atoms with Crippen LogP contribution in [0.4, 0.5) is 0 Å². The van der Waals surface area contributed by atoms with E-state index in [1.165, 1.54) is 0 Å². The van der Waals surface area contributed by atoms with Crippen LogP contribution in [0, 0.1) is 0 Å². The summed E-state index contributed by atoms with van der Waals surface area (Å²) in [6.45, 7) is 0.904. The lowest BCUT2D eigenvalue weighted by molar-refractivity contribution is 0.698. The first-order valence-corrected chi connectivity index (χ1v) is 6.07. The molecule has 0 aromatic carbocycles. The second-order valence-electron chi connectivity index (χ2n) is 3.13. The second-order valence-corrected chi connectivity index (χ2v) is 4.33. The van der Waals surface area contributed by atoms with Crippen molar-refractivity contribution in [1.82, 2.24) is 20.6 Å². The number of hydrogen-bond donors (Lipinski definition) is 3. The van der Waals surface area contributed by atoms with Gasteiger partial charge >= 0.3 is 0 Å². The van der Waals surface area contributed by atoms with Crippen molar-refractivity contribution in [2.75, 3.05) is 13.6 Å². The van der Waals surface area contributed by atoms with Crippen LogP contribution in [0.15, 0.2) is 10.9 Å². The Hall–Kier alpha value is -0.620. The molecule has 1 heterocycles. The van der Waals surface area contributed by atoms with E-state index in [4.69, 9.17) is 12.2 Å². The molecule has 0 spiro atoms. The van der Waals surface area contributed by atoms with E-state index in [1.807, 2.05) is 7.05 Å². The predicted molar refractivity (Wildman–Crippen MR) is 68.9 cm³/mol. The van der Waals surface area contributed by atoms with Gasteiger partial charge in [0.2, 0.25) is 0 Å². The highest BCUT2D eigenvalue weighted by Crippen LogP contribution is 2.12. The van der Waals surface area contributed by atoms with Crippen molar-refractivity contribution >= 4 is 33.3 Å². The van der Waals surface area contributed by atoms with Gasteiger partial charge in [-0.15, -0.1) is 0 Å². The third kappa shape index (κ3) is 4.61. The van der Waals surface area contributed by atoms with Crippen molar-refractivity contribution < 1.29 is 0 Å². The number of unbranched alkanes of at least 4 members (excludes halogenated alkanes) is 1. The Morgan fingerprint density at radius 1 is 1.60 bits per heavy atom. The zero-order valence-electron chi connectivity index (χ0n) is 8.64. The van der Waals surface area contributed by atoms with Gasteiger partial charge in [0.25, 0.3) is 0 Å². The summed E-state index contributed by atoms with van der Waals surface area (Å²) in [5.74, 6) is 0. The topological polar surface area (TPSA) is 52.7 Å². The lowest BCUT2D eigenvalue weighted by atomic mass is 10.2. The maximum absolute atomic E-state index is 4.96. The average molecular weight is 291 g/mol. The Kier molecular flexibility index (Phi) is 5.63. The van der Waals surface area contributed by atoms with Crippen LogP contribution in [0.3, 0.4) is 0 Å².